The summed E-state index contributed by atoms with van der Waals surface area (Å²) in [6.07, 6.45) is 4.85. The third kappa shape index (κ3) is 2.60. The highest BCUT2D eigenvalue weighted by atomic mass is 19.1. The van der Waals surface area contributed by atoms with Crippen molar-refractivity contribution in [2.24, 2.45) is 7.05 Å². The van der Waals surface area contributed by atoms with Crippen molar-refractivity contribution in [3.8, 4) is 23.0 Å². The second kappa shape index (κ2) is 6.61. The van der Waals surface area contributed by atoms with Crippen molar-refractivity contribution in [3.05, 3.63) is 41.9 Å². The molecule has 0 amide bonds. The monoisotopic (exact) mass is 431 g/mol. The highest BCUT2D eigenvalue weighted by molar-refractivity contribution is 6.17. The first kappa shape index (κ1) is 18.5. The van der Waals surface area contributed by atoms with Gasteiger partial charge in [-0.3, -0.25) is 4.68 Å². The summed E-state index contributed by atoms with van der Waals surface area (Å²) in [5.41, 5.74) is 3.81. The molecule has 0 unspecified atom stereocenters. The Hall–Kier alpha value is -4.28. The molecule has 0 radical (unpaired) electrons. The van der Waals surface area contributed by atoms with E-state index in [2.05, 4.69) is 35.7 Å². The molecule has 0 atom stereocenters. The number of H-pyrrole nitrogens is 1. The summed E-state index contributed by atoms with van der Waals surface area (Å²) in [6.45, 7) is 2.09. The number of benzene rings is 1. The zero-order valence-corrected chi connectivity index (χ0v) is 17.5. The Morgan fingerprint density at radius 1 is 1.16 bits per heavy atom. The van der Waals surface area contributed by atoms with Crippen molar-refractivity contribution in [2.75, 3.05) is 17.7 Å². The topological polar surface area (TPSA) is 118 Å². The maximum atomic E-state index is 15.1. The predicted molar refractivity (Wildman–Crippen MR) is 117 cm³/mol. The van der Waals surface area contributed by atoms with Gasteiger partial charge in [0.15, 0.2) is 5.75 Å². The number of nitrogens with one attached hydrogen (secondary N) is 3. The van der Waals surface area contributed by atoms with Crippen molar-refractivity contribution in [3.63, 3.8) is 0 Å². The molecule has 0 aliphatic carbocycles. The second-order valence-electron chi connectivity index (χ2n) is 7.54. The van der Waals surface area contributed by atoms with Crippen LogP contribution in [0.1, 0.15) is 11.4 Å². The average molecular weight is 431 g/mol. The number of hydrogen-bond donors (Lipinski definition) is 3. The van der Waals surface area contributed by atoms with Gasteiger partial charge in [-0.25, -0.2) is 14.4 Å². The zero-order valence-electron chi connectivity index (χ0n) is 17.5. The molecule has 1 aliphatic heterocycles. The van der Waals surface area contributed by atoms with Crippen LogP contribution in [0.4, 0.5) is 15.9 Å². The molecule has 3 N–H and O–H groups in total. The maximum absolute atomic E-state index is 15.1. The summed E-state index contributed by atoms with van der Waals surface area (Å²) in [6, 6.07) is 1.60. The molecular formula is C21H18FN9O. The van der Waals surface area contributed by atoms with Crippen LogP contribution in [0, 0.1) is 12.7 Å². The molecule has 1 aliphatic rings. The van der Waals surface area contributed by atoms with E-state index < -0.39 is 0 Å². The molecule has 6 rings (SSSR count). The average Bonchev–Trinajstić information content (AvgIpc) is 3.33. The first-order valence-corrected chi connectivity index (χ1v) is 9.98. The number of nitrogens with zero attached hydrogens (tertiary/aromatic N) is 6. The molecule has 10 nitrogen and oxygen atoms in total. The Balaban J connectivity index is 1.69. The highest BCUT2D eigenvalue weighted by Crippen LogP contribution is 2.43. The van der Waals surface area contributed by atoms with Crippen LogP contribution in [0.5, 0.6) is 11.8 Å². The molecular weight excluding hydrogens is 413 g/mol. The maximum Gasteiger partial charge on any atom is 0.324 e. The molecule has 5 heterocycles. The Kier molecular flexibility index (Phi) is 3.82. The molecule has 0 fully saturated rings. The first-order chi connectivity index (χ1) is 15.5. The quantitative estimate of drug-likeness (QED) is 0.397. The molecule has 5 aromatic rings. The van der Waals surface area contributed by atoms with E-state index >= 15 is 4.39 Å². The van der Waals surface area contributed by atoms with Crippen molar-refractivity contribution < 1.29 is 9.13 Å². The lowest BCUT2D eigenvalue weighted by atomic mass is 10.0. The largest absolute Gasteiger partial charge is 0.421 e. The van der Waals surface area contributed by atoms with Gasteiger partial charge in [0.1, 0.15) is 23.1 Å². The van der Waals surface area contributed by atoms with Gasteiger partial charge in [0, 0.05) is 31.6 Å². The van der Waals surface area contributed by atoms with Gasteiger partial charge in [0.05, 0.1) is 46.4 Å². The van der Waals surface area contributed by atoms with E-state index in [1.54, 1.807) is 37.2 Å². The van der Waals surface area contributed by atoms with E-state index in [9.17, 15) is 0 Å². The van der Waals surface area contributed by atoms with Gasteiger partial charge in [-0.05, 0) is 13.0 Å². The van der Waals surface area contributed by atoms with E-state index in [0.29, 0.717) is 46.1 Å². The summed E-state index contributed by atoms with van der Waals surface area (Å²) in [5.74, 6) is 1.46. The van der Waals surface area contributed by atoms with Crippen molar-refractivity contribution in [1.29, 1.82) is 0 Å². The fourth-order valence-electron chi connectivity index (χ4n) is 4.12. The summed E-state index contributed by atoms with van der Waals surface area (Å²) in [7, 11) is 3.57. The number of fused-ring (bicyclic) bond motifs is 2. The number of anilines is 2. The molecule has 0 saturated carbocycles. The number of aromatic amines is 1. The van der Waals surface area contributed by atoms with Gasteiger partial charge >= 0.3 is 6.01 Å². The lowest BCUT2D eigenvalue weighted by Gasteiger charge is -2.16. The first-order valence-electron chi connectivity index (χ1n) is 9.98. The predicted octanol–water partition coefficient (Wildman–Crippen LogP) is 3.51. The summed E-state index contributed by atoms with van der Waals surface area (Å²) >= 11 is 0. The SMILES string of the molecule is CNc1cc(F)c2c3c1[nH]c1nc(Oc4cnc(C)nc4)nc(c13)-c1cnn(C)c1NC2. The van der Waals surface area contributed by atoms with Crippen molar-refractivity contribution in [1.82, 2.24) is 34.7 Å². The molecule has 160 valence electrons. The van der Waals surface area contributed by atoms with Crippen LogP contribution in [0.3, 0.4) is 0 Å². The van der Waals surface area contributed by atoms with Gasteiger partial charge in [-0.15, -0.1) is 0 Å². The fraction of sp³-hybridized carbons (Fsp3) is 0.190. The summed E-state index contributed by atoms with van der Waals surface area (Å²) in [4.78, 5) is 20.9. The zero-order chi connectivity index (χ0) is 22.0. The standard InChI is InChI=1S/C21H18FN9O/c1-9-24-5-10(6-25-9)32-21-29-17-12-8-27-31(3)20(12)26-7-11-13(22)4-14(23-2)18-15(11)16(17)19(28-18)30-21/h4-6,8,23,26H,7H2,1-3H3,(H,28,29,30). The van der Waals surface area contributed by atoms with Crippen LogP contribution in [-0.2, 0) is 13.6 Å². The van der Waals surface area contributed by atoms with E-state index in [4.69, 9.17) is 9.72 Å². The van der Waals surface area contributed by atoms with Crippen LogP contribution in [-0.4, -0.2) is 41.7 Å². The minimum Gasteiger partial charge on any atom is -0.421 e. The van der Waals surface area contributed by atoms with Crippen LogP contribution >= 0.6 is 0 Å². The molecule has 0 saturated heterocycles. The van der Waals surface area contributed by atoms with E-state index in [1.807, 2.05) is 7.05 Å². The fourth-order valence-corrected chi connectivity index (χ4v) is 4.12. The number of aromatic nitrogens is 7. The molecule has 0 bridgehead atoms. The van der Waals surface area contributed by atoms with Crippen molar-refractivity contribution in [2.45, 2.75) is 13.5 Å². The number of aryl methyl sites for hydroxylation is 2. The van der Waals surface area contributed by atoms with E-state index in [-0.39, 0.29) is 11.8 Å². The number of hydrogen-bond acceptors (Lipinski definition) is 8. The van der Waals surface area contributed by atoms with Gasteiger partial charge in [0.2, 0.25) is 0 Å². The smallest absolute Gasteiger partial charge is 0.324 e. The third-order valence-corrected chi connectivity index (χ3v) is 5.62. The molecule has 4 aromatic heterocycles. The Morgan fingerprint density at radius 2 is 1.97 bits per heavy atom. The second-order valence-corrected chi connectivity index (χ2v) is 7.54. The van der Waals surface area contributed by atoms with Gasteiger partial charge in [0.25, 0.3) is 0 Å². The molecule has 1 aromatic carbocycles. The minimum atomic E-state index is -0.316. The lowest BCUT2D eigenvalue weighted by Crippen LogP contribution is -2.10. The van der Waals surface area contributed by atoms with E-state index in [1.165, 1.54) is 6.07 Å². The normalized spacial score (nSPS) is 12.5. The molecule has 11 heteroatoms. The van der Waals surface area contributed by atoms with Gasteiger partial charge in [-0.1, -0.05) is 0 Å². The van der Waals surface area contributed by atoms with E-state index in [0.717, 1.165) is 22.3 Å². The van der Waals surface area contributed by atoms with Crippen LogP contribution in [0.25, 0.3) is 33.2 Å². The van der Waals surface area contributed by atoms with Gasteiger partial charge in [-0.2, -0.15) is 15.1 Å². The Bertz CT molecular complexity index is 1520. The number of halogens is 1. The van der Waals surface area contributed by atoms with Gasteiger partial charge < -0.3 is 20.4 Å². The minimum absolute atomic E-state index is 0.120. The summed E-state index contributed by atoms with van der Waals surface area (Å²) < 4.78 is 22.7. The summed E-state index contributed by atoms with van der Waals surface area (Å²) in [5, 5.41) is 12.2. The van der Waals surface area contributed by atoms with Crippen LogP contribution in [0.2, 0.25) is 0 Å². The van der Waals surface area contributed by atoms with Crippen LogP contribution < -0.4 is 15.4 Å². The lowest BCUT2D eigenvalue weighted by molar-refractivity contribution is 0.440. The molecule has 0 spiro atoms. The Morgan fingerprint density at radius 3 is 2.75 bits per heavy atom. The van der Waals surface area contributed by atoms with Crippen molar-refractivity contribution >= 4 is 33.4 Å². The van der Waals surface area contributed by atoms with Crippen LogP contribution in [0.15, 0.2) is 24.7 Å². The number of ether oxygens (including phenoxy) is 1. The third-order valence-electron chi connectivity index (χ3n) is 5.62. The highest BCUT2D eigenvalue weighted by Gasteiger charge is 2.27. The Labute approximate surface area is 180 Å². The number of rotatable bonds is 3. The molecule has 32 heavy (non-hydrogen) atoms.